The number of aliphatic hydroxyl groups excluding tert-OH is 1. The summed E-state index contributed by atoms with van der Waals surface area (Å²) in [6.07, 6.45) is 0.743. The molecule has 1 aliphatic rings. The number of rotatable bonds is 1. The monoisotopic (exact) mass is 144 g/mol. The highest BCUT2D eigenvalue weighted by atomic mass is 16.6. The van der Waals surface area contributed by atoms with Gasteiger partial charge in [0.1, 0.15) is 0 Å². The summed E-state index contributed by atoms with van der Waals surface area (Å²) in [5, 5.41) is 9.25. The number of hydrogen-bond donors (Lipinski definition) is 1. The van der Waals surface area contributed by atoms with Gasteiger partial charge in [-0.05, 0) is 12.3 Å². The molecule has 0 aromatic rings. The fourth-order valence-electron chi connectivity index (χ4n) is 1.49. The molecule has 0 aliphatic carbocycles. The Kier molecular flexibility index (Phi) is 2.32. The van der Waals surface area contributed by atoms with Gasteiger partial charge in [0.25, 0.3) is 0 Å². The Bertz CT molecular complexity index is 114. The van der Waals surface area contributed by atoms with Crippen molar-refractivity contribution in [2.75, 3.05) is 0 Å². The van der Waals surface area contributed by atoms with Crippen molar-refractivity contribution in [3.05, 3.63) is 0 Å². The van der Waals surface area contributed by atoms with Crippen LogP contribution in [0.5, 0.6) is 0 Å². The summed E-state index contributed by atoms with van der Waals surface area (Å²) in [7, 11) is 0. The second-order valence-corrected chi connectivity index (χ2v) is 3.19. The summed E-state index contributed by atoms with van der Waals surface area (Å²) in [5.74, 6) is 0.796. The molecule has 1 heterocycles. The van der Waals surface area contributed by atoms with Gasteiger partial charge in [0.15, 0.2) is 6.29 Å². The Hall–Kier alpha value is -0.0800. The average molecular weight is 144 g/mol. The first-order valence-corrected chi connectivity index (χ1v) is 4.00. The smallest absolute Gasteiger partial charge is 0.157 e. The van der Waals surface area contributed by atoms with Crippen LogP contribution in [0, 0.1) is 11.8 Å². The summed E-state index contributed by atoms with van der Waals surface area (Å²) in [5.41, 5.74) is 0. The van der Waals surface area contributed by atoms with Crippen molar-refractivity contribution in [3.8, 4) is 0 Å². The molecule has 0 radical (unpaired) electrons. The van der Waals surface area contributed by atoms with Crippen molar-refractivity contribution in [1.82, 2.24) is 0 Å². The molecular formula is C8H16O2. The van der Waals surface area contributed by atoms with E-state index in [0.717, 1.165) is 6.42 Å². The molecule has 1 aliphatic heterocycles. The quantitative estimate of drug-likeness (QED) is 0.602. The van der Waals surface area contributed by atoms with Gasteiger partial charge in [-0.25, -0.2) is 0 Å². The Morgan fingerprint density at radius 2 is 1.90 bits per heavy atom. The van der Waals surface area contributed by atoms with Gasteiger partial charge >= 0.3 is 0 Å². The van der Waals surface area contributed by atoms with Crippen LogP contribution in [0.3, 0.4) is 0 Å². The molecule has 0 bridgehead atoms. The lowest BCUT2D eigenvalue weighted by atomic mass is 9.92. The van der Waals surface area contributed by atoms with Crippen LogP contribution in [-0.2, 0) is 4.74 Å². The molecule has 1 saturated heterocycles. The second kappa shape index (κ2) is 2.89. The minimum Gasteiger partial charge on any atom is -0.368 e. The van der Waals surface area contributed by atoms with Crippen LogP contribution in [0.1, 0.15) is 27.2 Å². The van der Waals surface area contributed by atoms with E-state index in [9.17, 15) is 5.11 Å². The van der Waals surface area contributed by atoms with Crippen molar-refractivity contribution >= 4 is 0 Å². The van der Waals surface area contributed by atoms with Crippen LogP contribution in [0.4, 0.5) is 0 Å². The third-order valence-corrected chi connectivity index (χ3v) is 2.58. The van der Waals surface area contributed by atoms with Crippen molar-refractivity contribution in [1.29, 1.82) is 0 Å². The van der Waals surface area contributed by atoms with Crippen LogP contribution < -0.4 is 0 Å². The van der Waals surface area contributed by atoms with Gasteiger partial charge in [-0.15, -0.1) is 0 Å². The van der Waals surface area contributed by atoms with Crippen molar-refractivity contribution in [2.45, 2.75) is 39.6 Å². The molecule has 0 aromatic carbocycles. The highest BCUT2D eigenvalue weighted by Gasteiger charge is 2.36. The van der Waals surface area contributed by atoms with Gasteiger partial charge in [-0.1, -0.05) is 20.8 Å². The fourth-order valence-corrected chi connectivity index (χ4v) is 1.49. The minimum atomic E-state index is -0.528. The first-order chi connectivity index (χ1) is 4.66. The summed E-state index contributed by atoms with van der Waals surface area (Å²) in [4.78, 5) is 0. The molecule has 10 heavy (non-hydrogen) atoms. The van der Waals surface area contributed by atoms with Crippen molar-refractivity contribution in [2.24, 2.45) is 11.8 Å². The highest BCUT2D eigenvalue weighted by molar-refractivity contribution is 4.79. The summed E-state index contributed by atoms with van der Waals surface area (Å²) in [6.45, 7) is 6.26. The Labute approximate surface area is 62.2 Å². The lowest BCUT2D eigenvalue weighted by molar-refractivity contribution is -0.106. The molecular weight excluding hydrogens is 128 g/mol. The zero-order chi connectivity index (χ0) is 7.72. The molecule has 0 amide bonds. The maximum atomic E-state index is 9.25. The van der Waals surface area contributed by atoms with E-state index >= 15 is 0 Å². The van der Waals surface area contributed by atoms with Crippen LogP contribution in [-0.4, -0.2) is 17.5 Å². The molecule has 0 aromatic heterocycles. The molecule has 0 saturated carbocycles. The maximum Gasteiger partial charge on any atom is 0.157 e. The molecule has 4 atom stereocenters. The molecule has 2 heteroatoms. The van der Waals surface area contributed by atoms with E-state index in [4.69, 9.17) is 4.74 Å². The first kappa shape index (κ1) is 8.02. The molecule has 0 spiro atoms. The van der Waals surface area contributed by atoms with Gasteiger partial charge in [0, 0.05) is 5.92 Å². The van der Waals surface area contributed by atoms with Crippen molar-refractivity contribution < 1.29 is 9.84 Å². The van der Waals surface area contributed by atoms with Crippen LogP contribution in [0.2, 0.25) is 0 Å². The molecule has 60 valence electrons. The lowest BCUT2D eigenvalue weighted by Crippen LogP contribution is -2.15. The van der Waals surface area contributed by atoms with E-state index in [-0.39, 0.29) is 6.10 Å². The highest BCUT2D eigenvalue weighted by Crippen LogP contribution is 2.31. The average Bonchev–Trinajstić information content (AvgIpc) is 2.17. The molecule has 4 unspecified atom stereocenters. The predicted molar refractivity (Wildman–Crippen MR) is 39.5 cm³/mol. The third-order valence-electron chi connectivity index (χ3n) is 2.58. The van der Waals surface area contributed by atoms with Crippen LogP contribution in [0.25, 0.3) is 0 Å². The summed E-state index contributed by atoms with van der Waals surface area (Å²) in [6, 6.07) is 0. The van der Waals surface area contributed by atoms with E-state index in [2.05, 4.69) is 13.8 Å². The minimum absolute atomic E-state index is 0.269. The van der Waals surface area contributed by atoms with E-state index in [1.807, 2.05) is 6.92 Å². The third kappa shape index (κ3) is 1.18. The Balaban J connectivity index is 2.53. The summed E-state index contributed by atoms with van der Waals surface area (Å²) >= 11 is 0. The maximum absolute atomic E-state index is 9.25. The molecule has 1 N–H and O–H groups in total. The topological polar surface area (TPSA) is 29.5 Å². The first-order valence-electron chi connectivity index (χ1n) is 4.00. The van der Waals surface area contributed by atoms with E-state index in [1.54, 1.807) is 0 Å². The normalized spacial score (nSPS) is 48.0. The van der Waals surface area contributed by atoms with E-state index in [1.165, 1.54) is 0 Å². The Morgan fingerprint density at radius 3 is 2.10 bits per heavy atom. The number of ether oxygens (including phenoxy) is 1. The largest absolute Gasteiger partial charge is 0.368 e. The van der Waals surface area contributed by atoms with Gasteiger partial charge in [0.2, 0.25) is 0 Å². The standard InChI is InChI=1S/C8H16O2/c1-4-7-5(2)6(3)8(9)10-7/h5-9H,4H2,1-3H3. The van der Waals surface area contributed by atoms with E-state index in [0.29, 0.717) is 11.8 Å². The SMILES string of the molecule is CCC1OC(O)C(C)C1C. The van der Waals surface area contributed by atoms with Gasteiger partial charge in [-0.3, -0.25) is 0 Å². The van der Waals surface area contributed by atoms with Gasteiger partial charge in [0.05, 0.1) is 6.10 Å². The zero-order valence-electron chi connectivity index (χ0n) is 6.87. The fraction of sp³-hybridized carbons (Fsp3) is 1.00. The number of aliphatic hydroxyl groups is 1. The van der Waals surface area contributed by atoms with E-state index < -0.39 is 6.29 Å². The molecule has 1 fully saturated rings. The lowest BCUT2D eigenvalue weighted by Gasteiger charge is -2.12. The van der Waals surface area contributed by atoms with Gasteiger partial charge in [-0.2, -0.15) is 0 Å². The molecule has 2 nitrogen and oxygen atoms in total. The van der Waals surface area contributed by atoms with Crippen LogP contribution >= 0.6 is 0 Å². The Morgan fingerprint density at radius 1 is 1.30 bits per heavy atom. The summed E-state index contributed by atoms with van der Waals surface area (Å²) < 4.78 is 5.29. The number of hydrogen-bond acceptors (Lipinski definition) is 2. The second-order valence-electron chi connectivity index (χ2n) is 3.19. The zero-order valence-corrected chi connectivity index (χ0v) is 6.87. The van der Waals surface area contributed by atoms with Crippen molar-refractivity contribution in [3.63, 3.8) is 0 Å². The van der Waals surface area contributed by atoms with Crippen LogP contribution in [0.15, 0.2) is 0 Å². The van der Waals surface area contributed by atoms with Gasteiger partial charge < -0.3 is 9.84 Å². The molecule has 1 rings (SSSR count). The predicted octanol–water partition coefficient (Wildman–Crippen LogP) is 1.39.